The number of Topliss-reactive ketones (excluding diaryl/α,β-unsaturated/α-hetero) is 1. The minimum absolute atomic E-state index is 0.0800. The first-order valence-electron chi connectivity index (χ1n) is 7.00. The third kappa shape index (κ3) is 2.59. The van der Waals surface area contributed by atoms with Crippen molar-refractivity contribution >= 4 is 17.1 Å². The summed E-state index contributed by atoms with van der Waals surface area (Å²) in [6.45, 7) is 1.49. The van der Waals surface area contributed by atoms with E-state index in [1.54, 1.807) is 18.4 Å². The van der Waals surface area contributed by atoms with Gasteiger partial charge in [0.25, 0.3) is 0 Å². The molecule has 1 aliphatic rings. The third-order valence-electron chi connectivity index (χ3n) is 3.97. The van der Waals surface area contributed by atoms with E-state index >= 15 is 0 Å². The topological polar surface area (TPSA) is 47.3 Å². The lowest BCUT2D eigenvalue weighted by Crippen LogP contribution is -2.31. The summed E-state index contributed by atoms with van der Waals surface area (Å²) in [5.41, 5.74) is 1.87. The molecule has 1 aromatic carbocycles. The van der Waals surface area contributed by atoms with E-state index in [2.05, 4.69) is 0 Å². The third-order valence-corrected chi connectivity index (χ3v) is 3.97. The maximum atomic E-state index is 12.4. The van der Waals surface area contributed by atoms with Crippen molar-refractivity contribution in [3.63, 3.8) is 0 Å². The normalized spacial score (nSPS) is 22.0. The molecule has 106 valence electrons. The lowest BCUT2D eigenvalue weighted by Gasteiger charge is -2.28. The second-order valence-electron chi connectivity index (χ2n) is 5.36. The van der Waals surface area contributed by atoms with Crippen LogP contribution in [0.15, 0.2) is 59.2 Å². The van der Waals surface area contributed by atoms with E-state index in [4.69, 9.17) is 4.42 Å². The molecule has 3 nitrogen and oxygen atoms in total. The molecule has 0 saturated heterocycles. The second kappa shape index (κ2) is 5.52. The number of carbonyl (C=O) groups excluding carboxylic acids is 2. The van der Waals surface area contributed by atoms with E-state index in [1.165, 1.54) is 6.92 Å². The molecular weight excluding hydrogens is 264 g/mol. The molecule has 0 aliphatic heterocycles. The molecule has 1 aromatic heterocycles. The zero-order valence-electron chi connectivity index (χ0n) is 11.8. The Morgan fingerprint density at radius 1 is 1.14 bits per heavy atom. The summed E-state index contributed by atoms with van der Waals surface area (Å²) >= 11 is 0. The summed E-state index contributed by atoms with van der Waals surface area (Å²) in [5, 5.41) is 0. The molecule has 0 amide bonds. The Hall–Kier alpha value is -2.42. The first kappa shape index (κ1) is 13.6. The summed E-state index contributed by atoms with van der Waals surface area (Å²) in [4.78, 5) is 24.3. The summed E-state index contributed by atoms with van der Waals surface area (Å²) in [6, 6.07) is 13.4. The SMILES string of the molecule is CC(=O)[C@H]1C(=O)C=C(c2ccco2)C[C@H]1c1ccccc1. The molecule has 2 atom stereocenters. The Bertz CT molecular complexity index is 681. The van der Waals surface area contributed by atoms with Gasteiger partial charge in [-0.05, 0) is 42.7 Å². The second-order valence-corrected chi connectivity index (χ2v) is 5.36. The number of furan rings is 1. The molecule has 2 aromatic rings. The Balaban J connectivity index is 2.03. The quantitative estimate of drug-likeness (QED) is 0.807. The van der Waals surface area contributed by atoms with Crippen molar-refractivity contribution in [3.8, 4) is 0 Å². The molecule has 0 fully saturated rings. The fourth-order valence-corrected chi connectivity index (χ4v) is 3.00. The number of benzene rings is 1. The Kier molecular flexibility index (Phi) is 3.57. The number of allylic oxidation sites excluding steroid dienone is 2. The number of ketones is 2. The first-order chi connectivity index (χ1) is 10.2. The van der Waals surface area contributed by atoms with E-state index in [1.807, 2.05) is 36.4 Å². The predicted molar refractivity (Wildman–Crippen MR) is 79.7 cm³/mol. The smallest absolute Gasteiger partial charge is 0.167 e. The van der Waals surface area contributed by atoms with Crippen LogP contribution in [-0.4, -0.2) is 11.6 Å². The number of hydrogen-bond acceptors (Lipinski definition) is 3. The maximum Gasteiger partial charge on any atom is 0.167 e. The van der Waals surface area contributed by atoms with Crippen LogP contribution in [0.25, 0.3) is 5.57 Å². The number of rotatable bonds is 3. The Morgan fingerprint density at radius 2 is 1.90 bits per heavy atom. The van der Waals surface area contributed by atoms with Crippen molar-refractivity contribution in [2.24, 2.45) is 5.92 Å². The molecule has 0 bridgehead atoms. The molecule has 0 radical (unpaired) electrons. The van der Waals surface area contributed by atoms with Crippen LogP contribution < -0.4 is 0 Å². The molecule has 3 rings (SSSR count). The monoisotopic (exact) mass is 280 g/mol. The van der Waals surface area contributed by atoms with Gasteiger partial charge in [0.05, 0.1) is 12.2 Å². The van der Waals surface area contributed by atoms with Crippen molar-refractivity contribution in [1.82, 2.24) is 0 Å². The van der Waals surface area contributed by atoms with Crippen molar-refractivity contribution in [3.05, 3.63) is 66.1 Å². The van der Waals surface area contributed by atoms with Crippen LogP contribution >= 0.6 is 0 Å². The van der Waals surface area contributed by atoms with Gasteiger partial charge in [0.1, 0.15) is 11.5 Å². The Morgan fingerprint density at radius 3 is 2.52 bits per heavy atom. The zero-order chi connectivity index (χ0) is 14.8. The van der Waals surface area contributed by atoms with Gasteiger partial charge in [-0.2, -0.15) is 0 Å². The highest BCUT2D eigenvalue weighted by atomic mass is 16.3. The molecule has 21 heavy (non-hydrogen) atoms. The predicted octanol–water partition coefficient (Wildman–Crippen LogP) is 3.62. The van der Waals surface area contributed by atoms with Gasteiger partial charge in [-0.25, -0.2) is 0 Å². The highest BCUT2D eigenvalue weighted by molar-refractivity contribution is 6.11. The van der Waals surface area contributed by atoms with Gasteiger partial charge in [-0.1, -0.05) is 30.3 Å². The molecule has 0 spiro atoms. The van der Waals surface area contributed by atoms with E-state index in [9.17, 15) is 9.59 Å². The van der Waals surface area contributed by atoms with Gasteiger partial charge in [-0.15, -0.1) is 0 Å². The lowest BCUT2D eigenvalue weighted by molar-refractivity contribution is -0.130. The van der Waals surface area contributed by atoms with Gasteiger partial charge in [0, 0.05) is 5.92 Å². The largest absolute Gasteiger partial charge is 0.465 e. The number of hydrogen-bond donors (Lipinski definition) is 0. The van der Waals surface area contributed by atoms with E-state index in [0.29, 0.717) is 12.2 Å². The molecule has 3 heteroatoms. The van der Waals surface area contributed by atoms with Gasteiger partial charge in [0.15, 0.2) is 5.78 Å². The highest BCUT2D eigenvalue weighted by Crippen LogP contribution is 2.40. The van der Waals surface area contributed by atoms with Gasteiger partial charge in [-0.3, -0.25) is 9.59 Å². The van der Waals surface area contributed by atoms with Crippen LogP contribution in [0, 0.1) is 5.92 Å². The van der Waals surface area contributed by atoms with Crippen LogP contribution in [0.1, 0.15) is 30.6 Å². The van der Waals surface area contributed by atoms with E-state index in [0.717, 1.165) is 11.1 Å². The van der Waals surface area contributed by atoms with Gasteiger partial charge in [0.2, 0.25) is 0 Å². The molecule has 0 saturated carbocycles. The minimum atomic E-state index is -0.592. The first-order valence-corrected chi connectivity index (χ1v) is 7.00. The van der Waals surface area contributed by atoms with E-state index in [-0.39, 0.29) is 17.5 Å². The summed E-state index contributed by atoms with van der Waals surface area (Å²) in [5.74, 6) is -0.226. The average molecular weight is 280 g/mol. The van der Waals surface area contributed by atoms with Crippen LogP contribution in [0.4, 0.5) is 0 Å². The highest BCUT2D eigenvalue weighted by Gasteiger charge is 2.37. The summed E-state index contributed by atoms with van der Waals surface area (Å²) in [6.07, 6.45) is 3.78. The van der Waals surface area contributed by atoms with Crippen molar-refractivity contribution in [2.75, 3.05) is 0 Å². The van der Waals surface area contributed by atoms with Gasteiger partial charge >= 0.3 is 0 Å². The van der Waals surface area contributed by atoms with Crippen LogP contribution in [0.3, 0.4) is 0 Å². The maximum absolute atomic E-state index is 12.4. The van der Waals surface area contributed by atoms with Crippen LogP contribution in [0.5, 0.6) is 0 Å². The fraction of sp³-hybridized carbons (Fsp3) is 0.222. The van der Waals surface area contributed by atoms with Crippen LogP contribution in [0.2, 0.25) is 0 Å². The standard InChI is InChI=1S/C18H16O3/c1-12(19)18-15(13-6-3-2-4-7-13)10-14(11-16(18)20)17-8-5-9-21-17/h2-9,11,15,18H,10H2,1H3/t15-,18+/m0/s1. The average Bonchev–Trinajstić information content (AvgIpc) is 3.01. The minimum Gasteiger partial charge on any atom is -0.465 e. The summed E-state index contributed by atoms with van der Waals surface area (Å²) < 4.78 is 5.40. The molecule has 0 unspecified atom stereocenters. The van der Waals surface area contributed by atoms with Crippen molar-refractivity contribution in [2.45, 2.75) is 19.3 Å². The summed E-state index contributed by atoms with van der Waals surface area (Å²) in [7, 11) is 0. The fourth-order valence-electron chi connectivity index (χ4n) is 3.00. The van der Waals surface area contributed by atoms with E-state index < -0.39 is 5.92 Å². The lowest BCUT2D eigenvalue weighted by atomic mass is 9.73. The molecular formula is C18H16O3. The van der Waals surface area contributed by atoms with Crippen molar-refractivity contribution < 1.29 is 14.0 Å². The van der Waals surface area contributed by atoms with Crippen molar-refractivity contribution in [1.29, 1.82) is 0 Å². The number of carbonyl (C=O) groups is 2. The molecule has 1 heterocycles. The van der Waals surface area contributed by atoms with Crippen LogP contribution in [-0.2, 0) is 9.59 Å². The van der Waals surface area contributed by atoms with Gasteiger partial charge < -0.3 is 4.42 Å². The molecule has 0 N–H and O–H groups in total. The Labute approximate surface area is 123 Å². The zero-order valence-corrected chi connectivity index (χ0v) is 11.8. The molecule has 1 aliphatic carbocycles.